The number of nitrogens with one attached hydrogen (secondary N) is 2. The van der Waals surface area contributed by atoms with E-state index < -0.39 is 4.92 Å². The second kappa shape index (κ2) is 5.35. The topological polar surface area (TPSA) is 97.2 Å². The lowest BCUT2D eigenvalue weighted by Crippen LogP contribution is -2.32. The molecule has 2 heterocycles. The molecular weight excluding hydrogens is 272 g/mol. The highest BCUT2D eigenvalue weighted by molar-refractivity contribution is 5.95. The number of hydrogen-bond donors (Lipinski definition) is 2. The maximum absolute atomic E-state index is 11.2. The van der Waals surface area contributed by atoms with Crippen molar-refractivity contribution in [3.05, 3.63) is 40.6 Å². The average molecular weight is 286 g/mol. The van der Waals surface area contributed by atoms with Gasteiger partial charge >= 0.3 is 5.69 Å². The van der Waals surface area contributed by atoms with Crippen molar-refractivity contribution < 1.29 is 9.72 Å². The van der Waals surface area contributed by atoms with Gasteiger partial charge in [-0.05, 0) is 12.5 Å². The summed E-state index contributed by atoms with van der Waals surface area (Å²) in [6.07, 6.45) is 2.51. The summed E-state index contributed by atoms with van der Waals surface area (Å²) in [5, 5.41) is 17.8. The predicted octanol–water partition coefficient (Wildman–Crippen LogP) is 1.83. The maximum Gasteiger partial charge on any atom is 0.311 e. The molecule has 2 N–H and O–H groups in total. The fourth-order valence-corrected chi connectivity index (χ4v) is 2.51. The van der Waals surface area contributed by atoms with Crippen molar-refractivity contribution in [3.63, 3.8) is 0 Å². The van der Waals surface area contributed by atoms with Gasteiger partial charge in [0.1, 0.15) is 11.9 Å². The summed E-state index contributed by atoms with van der Waals surface area (Å²) in [5.74, 6) is 0.0240. The lowest BCUT2D eigenvalue weighted by molar-refractivity contribution is -0.384. The number of nitro groups is 1. The molecule has 1 aliphatic heterocycles. The van der Waals surface area contributed by atoms with E-state index in [1.54, 1.807) is 6.07 Å². The van der Waals surface area contributed by atoms with E-state index >= 15 is 0 Å². The highest BCUT2D eigenvalue weighted by Gasteiger charge is 2.23. The molecule has 0 radical (unpaired) electrons. The molecule has 1 aliphatic rings. The molecule has 0 aliphatic carbocycles. The van der Waals surface area contributed by atoms with E-state index in [0.717, 1.165) is 6.42 Å². The summed E-state index contributed by atoms with van der Waals surface area (Å²) in [6.45, 7) is 0.459. The largest absolute Gasteiger partial charge is 0.377 e. The Hall–Kier alpha value is -2.70. The molecule has 1 aromatic carbocycles. The molecule has 1 saturated heterocycles. The molecule has 21 heavy (non-hydrogen) atoms. The average Bonchev–Trinajstić information content (AvgIpc) is 2.90. The fourth-order valence-electron chi connectivity index (χ4n) is 2.51. The van der Waals surface area contributed by atoms with Crippen LogP contribution in [0.5, 0.6) is 0 Å². The second-order valence-corrected chi connectivity index (χ2v) is 4.98. The van der Waals surface area contributed by atoms with Gasteiger partial charge in [-0.2, -0.15) is 0 Å². The zero-order chi connectivity index (χ0) is 14.8. The number of carbonyl (C=O) groups excluding carboxylic acids is 1. The van der Waals surface area contributed by atoms with Gasteiger partial charge in [-0.3, -0.25) is 14.9 Å². The summed E-state index contributed by atoms with van der Waals surface area (Å²) in [6, 6.07) is 7.26. The molecule has 1 aromatic heterocycles. The van der Waals surface area contributed by atoms with Crippen LogP contribution >= 0.6 is 0 Å². The number of fused-ring (bicyclic) bond motifs is 1. The van der Waals surface area contributed by atoms with Gasteiger partial charge in [0.2, 0.25) is 5.91 Å². The number of carbonyl (C=O) groups is 1. The zero-order valence-corrected chi connectivity index (χ0v) is 11.2. The molecule has 7 nitrogen and oxygen atoms in total. The summed E-state index contributed by atoms with van der Waals surface area (Å²) in [5.41, 5.74) is 1.09. The van der Waals surface area contributed by atoms with Crippen LogP contribution in [0.1, 0.15) is 12.8 Å². The Bertz CT molecular complexity index is 716. The van der Waals surface area contributed by atoms with Gasteiger partial charge in [0.15, 0.2) is 0 Å². The van der Waals surface area contributed by atoms with Gasteiger partial charge in [0.05, 0.1) is 10.4 Å². The minimum Gasteiger partial charge on any atom is -0.377 e. The maximum atomic E-state index is 11.2. The first kappa shape index (κ1) is 13.3. The number of anilines is 1. The summed E-state index contributed by atoms with van der Waals surface area (Å²) < 4.78 is 0. The molecule has 108 valence electrons. The van der Waals surface area contributed by atoms with E-state index in [4.69, 9.17) is 0 Å². The third-order valence-electron chi connectivity index (χ3n) is 3.56. The highest BCUT2D eigenvalue weighted by atomic mass is 16.6. The number of nitrogens with zero attached hydrogens (tertiary/aromatic N) is 2. The van der Waals surface area contributed by atoms with Crippen molar-refractivity contribution in [2.45, 2.75) is 18.9 Å². The van der Waals surface area contributed by atoms with Crippen molar-refractivity contribution in [2.24, 2.45) is 0 Å². The van der Waals surface area contributed by atoms with Crippen LogP contribution in [0.4, 0.5) is 11.4 Å². The van der Waals surface area contributed by atoms with Crippen LogP contribution in [0, 0.1) is 10.1 Å². The Balaban J connectivity index is 1.92. The SMILES string of the molecule is O=C1CCC(CNc2c([N+](=O)[O-])cnc3ccccc23)N1. The fraction of sp³-hybridized carbons (Fsp3) is 0.286. The number of amides is 1. The molecule has 1 unspecified atom stereocenters. The number of benzene rings is 1. The lowest BCUT2D eigenvalue weighted by Gasteiger charge is -2.14. The van der Waals surface area contributed by atoms with Gasteiger partial charge in [0, 0.05) is 24.4 Å². The Labute approximate surface area is 120 Å². The van der Waals surface area contributed by atoms with Crippen molar-refractivity contribution in [1.29, 1.82) is 0 Å². The number of hydrogen-bond acceptors (Lipinski definition) is 5. The molecule has 0 saturated carbocycles. The standard InChI is InChI=1S/C14H14N4O3/c19-13-6-5-9(17-13)7-16-14-10-3-1-2-4-11(10)15-8-12(14)18(20)21/h1-4,8-9H,5-7H2,(H,15,16)(H,17,19). The van der Waals surface area contributed by atoms with Crippen LogP contribution in [0.3, 0.4) is 0 Å². The number of pyridine rings is 1. The van der Waals surface area contributed by atoms with Gasteiger partial charge < -0.3 is 10.6 Å². The van der Waals surface area contributed by atoms with Gasteiger partial charge in [0.25, 0.3) is 0 Å². The van der Waals surface area contributed by atoms with Crippen molar-refractivity contribution >= 4 is 28.2 Å². The highest BCUT2D eigenvalue weighted by Crippen LogP contribution is 2.31. The predicted molar refractivity (Wildman–Crippen MR) is 78.1 cm³/mol. The van der Waals surface area contributed by atoms with Gasteiger partial charge in [-0.25, -0.2) is 4.98 Å². The molecular formula is C14H14N4O3. The van der Waals surface area contributed by atoms with E-state index in [1.165, 1.54) is 6.20 Å². The first-order chi connectivity index (χ1) is 10.1. The van der Waals surface area contributed by atoms with Gasteiger partial charge in [-0.15, -0.1) is 0 Å². The first-order valence-corrected chi connectivity index (χ1v) is 6.70. The third-order valence-corrected chi connectivity index (χ3v) is 3.56. The summed E-state index contributed by atoms with van der Waals surface area (Å²) >= 11 is 0. The quantitative estimate of drug-likeness (QED) is 0.660. The van der Waals surface area contributed by atoms with E-state index in [0.29, 0.717) is 29.6 Å². The van der Waals surface area contributed by atoms with Crippen LogP contribution < -0.4 is 10.6 Å². The van der Waals surface area contributed by atoms with Crippen molar-refractivity contribution in [2.75, 3.05) is 11.9 Å². The van der Waals surface area contributed by atoms with Gasteiger partial charge in [-0.1, -0.05) is 18.2 Å². The lowest BCUT2D eigenvalue weighted by atomic mass is 10.1. The Morgan fingerprint density at radius 2 is 2.24 bits per heavy atom. The molecule has 3 rings (SSSR count). The number of rotatable bonds is 4. The summed E-state index contributed by atoms with van der Waals surface area (Å²) in [7, 11) is 0. The van der Waals surface area contributed by atoms with Crippen molar-refractivity contribution in [3.8, 4) is 0 Å². The minimum atomic E-state index is -0.449. The molecule has 2 aromatic rings. The monoisotopic (exact) mass is 286 g/mol. The van der Waals surface area contributed by atoms with E-state index in [-0.39, 0.29) is 17.6 Å². The van der Waals surface area contributed by atoms with Crippen LogP contribution in [0.2, 0.25) is 0 Å². The molecule has 0 bridgehead atoms. The first-order valence-electron chi connectivity index (χ1n) is 6.70. The zero-order valence-electron chi connectivity index (χ0n) is 11.2. The van der Waals surface area contributed by atoms with Crippen LogP contribution in [0.15, 0.2) is 30.5 Å². The van der Waals surface area contributed by atoms with Crippen LogP contribution in [0.25, 0.3) is 10.9 Å². The van der Waals surface area contributed by atoms with Crippen LogP contribution in [-0.4, -0.2) is 28.4 Å². The van der Waals surface area contributed by atoms with E-state index in [9.17, 15) is 14.9 Å². The summed E-state index contributed by atoms with van der Waals surface area (Å²) in [4.78, 5) is 26.0. The number of aromatic nitrogens is 1. The minimum absolute atomic E-state index is 0.00373. The second-order valence-electron chi connectivity index (χ2n) is 4.98. The number of para-hydroxylation sites is 1. The smallest absolute Gasteiger partial charge is 0.311 e. The molecule has 1 amide bonds. The Morgan fingerprint density at radius 3 is 2.95 bits per heavy atom. The Kier molecular flexibility index (Phi) is 3.39. The molecule has 0 spiro atoms. The van der Waals surface area contributed by atoms with E-state index in [1.807, 2.05) is 18.2 Å². The van der Waals surface area contributed by atoms with Crippen molar-refractivity contribution in [1.82, 2.24) is 10.3 Å². The molecule has 1 fully saturated rings. The molecule has 1 atom stereocenters. The third kappa shape index (κ3) is 2.62. The molecule has 7 heteroatoms. The van der Waals surface area contributed by atoms with E-state index in [2.05, 4.69) is 15.6 Å². The normalized spacial score (nSPS) is 17.7. The van der Waals surface area contributed by atoms with Crippen LogP contribution in [-0.2, 0) is 4.79 Å². The Morgan fingerprint density at radius 1 is 1.43 bits per heavy atom.